The molecule has 5 heterocycles. The lowest BCUT2D eigenvalue weighted by atomic mass is 10.1. The van der Waals surface area contributed by atoms with E-state index in [-0.39, 0.29) is 18.9 Å². The summed E-state index contributed by atoms with van der Waals surface area (Å²) in [5, 5.41) is 9.47. The molecule has 5 rings (SSSR count). The van der Waals surface area contributed by atoms with Crippen LogP contribution in [0.25, 0.3) is 22.4 Å². The zero-order valence-corrected chi connectivity index (χ0v) is 20.5. The number of pyridine rings is 1. The Morgan fingerprint density at radius 3 is 2.82 bits per heavy atom. The Kier molecular flexibility index (Phi) is 6.32. The molecule has 3 aromatic rings. The molecule has 34 heavy (non-hydrogen) atoms. The van der Waals surface area contributed by atoms with Gasteiger partial charge in [0.25, 0.3) is 10.1 Å². The average Bonchev–Trinajstić information content (AvgIpc) is 3.43. The van der Waals surface area contributed by atoms with E-state index in [1.807, 2.05) is 30.1 Å². The molecule has 0 radical (unpaired) electrons. The van der Waals surface area contributed by atoms with Gasteiger partial charge in [-0.2, -0.15) is 18.6 Å². The van der Waals surface area contributed by atoms with Crippen molar-refractivity contribution in [2.45, 2.75) is 45.1 Å². The third kappa shape index (κ3) is 4.67. The first kappa shape index (κ1) is 23.2. The van der Waals surface area contributed by atoms with Gasteiger partial charge in [0.2, 0.25) is 0 Å². The standard InChI is InChI=1S/C22H30N6O5S/c1-15-13-31-11-9-27(15)18-12-16(14-33-34(3,29)30)22-21(23-18)20(25-26(22)2)17-7-8-28(24-17)19-6-4-5-10-32-19/h7-8,12,15,19H,4-6,9-11,13-14H2,1-3H3/t15-,19?/m1/s1. The summed E-state index contributed by atoms with van der Waals surface area (Å²) >= 11 is 0. The fourth-order valence-electron chi connectivity index (χ4n) is 4.57. The van der Waals surface area contributed by atoms with E-state index in [2.05, 4.69) is 11.8 Å². The summed E-state index contributed by atoms with van der Waals surface area (Å²) in [6.45, 7) is 4.60. The first-order valence-electron chi connectivity index (χ1n) is 11.5. The van der Waals surface area contributed by atoms with Crippen molar-refractivity contribution in [3.8, 4) is 11.4 Å². The maximum absolute atomic E-state index is 11.7. The predicted molar refractivity (Wildman–Crippen MR) is 126 cm³/mol. The maximum atomic E-state index is 11.7. The third-order valence-corrected chi connectivity index (χ3v) is 6.79. The molecule has 3 aromatic heterocycles. The Morgan fingerprint density at radius 2 is 2.09 bits per heavy atom. The third-order valence-electron chi connectivity index (χ3n) is 6.25. The van der Waals surface area contributed by atoms with Crippen LogP contribution in [0.2, 0.25) is 0 Å². The van der Waals surface area contributed by atoms with E-state index in [0.717, 1.165) is 37.9 Å². The minimum absolute atomic E-state index is 0.0751. The number of rotatable bonds is 6. The van der Waals surface area contributed by atoms with E-state index >= 15 is 0 Å². The summed E-state index contributed by atoms with van der Waals surface area (Å²) in [6, 6.07) is 3.93. The SMILES string of the molecule is C[C@@H]1COCCN1c1cc(COS(C)(=O)=O)c2c(n1)c(-c1ccn(C3CCCCO3)n1)nn2C. The van der Waals surface area contributed by atoms with Crippen LogP contribution in [0.5, 0.6) is 0 Å². The van der Waals surface area contributed by atoms with Crippen LogP contribution in [-0.2, 0) is 37.4 Å². The highest BCUT2D eigenvalue weighted by atomic mass is 32.2. The number of hydrogen-bond donors (Lipinski definition) is 0. The summed E-state index contributed by atoms with van der Waals surface area (Å²) in [7, 11) is -1.80. The molecule has 2 saturated heterocycles. The van der Waals surface area contributed by atoms with Crippen LogP contribution in [0.4, 0.5) is 5.82 Å². The first-order chi connectivity index (χ1) is 16.3. The molecule has 2 aliphatic rings. The lowest BCUT2D eigenvalue weighted by Crippen LogP contribution is -2.44. The van der Waals surface area contributed by atoms with Gasteiger partial charge < -0.3 is 14.4 Å². The number of anilines is 1. The van der Waals surface area contributed by atoms with Crippen LogP contribution >= 0.6 is 0 Å². The first-order valence-corrected chi connectivity index (χ1v) is 13.3. The van der Waals surface area contributed by atoms with E-state index in [4.69, 9.17) is 28.8 Å². The van der Waals surface area contributed by atoms with Crippen molar-refractivity contribution in [2.24, 2.45) is 7.05 Å². The Balaban J connectivity index is 1.60. The monoisotopic (exact) mass is 490 g/mol. The predicted octanol–water partition coefficient (Wildman–Crippen LogP) is 2.23. The van der Waals surface area contributed by atoms with Gasteiger partial charge in [-0.05, 0) is 38.3 Å². The maximum Gasteiger partial charge on any atom is 0.264 e. The molecule has 0 N–H and O–H groups in total. The largest absolute Gasteiger partial charge is 0.377 e. The van der Waals surface area contributed by atoms with Crippen LogP contribution in [0.3, 0.4) is 0 Å². The van der Waals surface area contributed by atoms with Crippen LogP contribution in [0, 0.1) is 0 Å². The number of hydrogen-bond acceptors (Lipinski definition) is 9. The van der Waals surface area contributed by atoms with Gasteiger partial charge in [-0.15, -0.1) is 0 Å². The van der Waals surface area contributed by atoms with Crippen LogP contribution in [0.15, 0.2) is 18.3 Å². The van der Waals surface area contributed by atoms with Crippen molar-refractivity contribution in [3.05, 3.63) is 23.9 Å². The normalized spacial score (nSPS) is 21.9. The Hall–Kier alpha value is -2.54. The smallest absolute Gasteiger partial charge is 0.264 e. The van der Waals surface area contributed by atoms with Crippen LogP contribution in [0.1, 0.15) is 38.0 Å². The second kappa shape index (κ2) is 9.25. The second-order valence-electron chi connectivity index (χ2n) is 8.89. The summed E-state index contributed by atoms with van der Waals surface area (Å²) in [4.78, 5) is 7.14. The minimum Gasteiger partial charge on any atom is -0.377 e. The molecule has 0 bridgehead atoms. The summed E-state index contributed by atoms with van der Waals surface area (Å²) in [5.41, 5.74) is 3.39. The lowest BCUT2D eigenvalue weighted by molar-refractivity contribution is -0.0393. The Bertz CT molecular complexity index is 1280. The van der Waals surface area contributed by atoms with E-state index < -0.39 is 10.1 Å². The van der Waals surface area contributed by atoms with Crippen molar-refractivity contribution in [2.75, 3.05) is 37.5 Å². The van der Waals surface area contributed by atoms with Crippen molar-refractivity contribution in [1.82, 2.24) is 24.5 Å². The number of nitrogens with zero attached hydrogens (tertiary/aromatic N) is 6. The molecule has 0 spiro atoms. The highest BCUT2D eigenvalue weighted by Gasteiger charge is 2.26. The molecule has 11 nitrogen and oxygen atoms in total. The van der Waals surface area contributed by atoms with Gasteiger partial charge in [-0.1, -0.05) is 0 Å². The van der Waals surface area contributed by atoms with Crippen molar-refractivity contribution >= 4 is 27.0 Å². The molecule has 2 fully saturated rings. The molecule has 184 valence electrons. The Labute approximate surface area is 198 Å². The van der Waals surface area contributed by atoms with Crippen LogP contribution in [-0.4, -0.2) is 71.6 Å². The van der Waals surface area contributed by atoms with Gasteiger partial charge in [0.05, 0.1) is 37.6 Å². The van der Waals surface area contributed by atoms with E-state index in [1.54, 1.807) is 4.68 Å². The quantitative estimate of drug-likeness (QED) is 0.480. The highest BCUT2D eigenvalue weighted by Crippen LogP contribution is 2.32. The van der Waals surface area contributed by atoms with Gasteiger partial charge in [0.1, 0.15) is 29.0 Å². The summed E-state index contributed by atoms with van der Waals surface area (Å²) in [6.07, 6.45) is 5.99. The molecule has 2 atom stereocenters. The highest BCUT2D eigenvalue weighted by molar-refractivity contribution is 7.85. The number of morpholine rings is 1. The molecule has 0 amide bonds. The second-order valence-corrected chi connectivity index (χ2v) is 10.5. The molecule has 0 saturated carbocycles. The van der Waals surface area contributed by atoms with Crippen LogP contribution < -0.4 is 4.90 Å². The number of aromatic nitrogens is 5. The topological polar surface area (TPSA) is 114 Å². The summed E-state index contributed by atoms with van der Waals surface area (Å²) < 4.78 is 43.6. The van der Waals surface area contributed by atoms with Crippen molar-refractivity contribution in [3.63, 3.8) is 0 Å². The molecular formula is C22H30N6O5S. The van der Waals surface area contributed by atoms with Gasteiger partial charge in [-0.3, -0.25) is 8.86 Å². The molecule has 12 heteroatoms. The van der Waals surface area contributed by atoms with E-state index in [9.17, 15) is 8.42 Å². The van der Waals surface area contributed by atoms with Gasteiger partial charge in [0.15, 0.2) is 0 Å². The minimum atomic E-state index is -3.62. The molecule has 1 unspecified atom stereocenters. The number of fused-ring (bicyclic) bond motifs is 1. The average molecular weight is 491 g/mol. The van der Waals surface area contributed by atoms with Crippen molar-refractivity contribution in [1.29, 1.82) is 0 Å². The fourth-order valence-corrected chi connectivity index (χ4v) is 4.92. The van der Waals surface area contributed by atoms with Gasteiger partial charge in [-0.25, -0.2) is 9.67 Å². The number of aryl methyl sites for hydroxylation is 1. The number of ether oxygens (including phenoxy) is 2. The lowest BCUT2D eigenvalue weighted by Gasteiger charge is -2.34. The van der Waals surface area contributed by atoms with Gasteiger partial charge >= 0.3 is 0 Å². The van der Waals surface area contributed by atoms with E-state index in [0.29, 0.717) is 47.7 Å². The summed E-state index contributed by atoms with van der Waals surface area (Å²) in [5.74, 6) is 0.736. The zero-order chi connectivity index (χ0) is 23.9. The molecule has 0 aliphatic carbocycles. The van der Waals surface area contributed by atoms with E-state index in [1.165, 1.54) is 0 Å². The Morgan fingerprint density at radius 1 is 1.24 bits per heavy atom. The van der Waals surface area contributed by atoms with Crippen molar-refractivity contribution < 1.29 is 22.1 Å². The molecular weight excluding hydrogens is 460 g/mol. The van der Waals surface area contributed by atoms with Gasteiger partial charge in [0, 0.05) is 32.0 Å². The molecule has 0 aromatic carbocycles. The fraction of sp³-hybridized carbons (Fsp3) is 0.591. The zero-order valence-electron chi connectivity index (χ0n) is 19.7. The molecule has 2 aliphatic heterocycles.